The molecule has 0 radical (unpaired) electrons. The van der Waals surface area contributed by atoms with Crippen molar-refractivity contribution >= 4 is 29.2 Å². The monoisotopic (exact) mass is 345 g/mol. The molecule has 0 saturated carbocycles. The molecule has 0 fully saturated rings. The van der Waals surface area contributed by atoms with E-state index in [1.807, 2.05) is 45.9 Å². The molecule has 0 aliphatic heterocycles. The van der Waals surface area contributed by atoms with Gasteiger partial charge in [0.2, 0.25) is 0 Å². The predicted molar refractivity (Wildman–Crippen MR) is 95.8 cm³/mol. The Kier molecular flexibility index (Phi) is 5.62. The van der Waals surface area contributed by atoms with Gasteiger partial charge in [0.05, 0.1) is 16.3 Å². The normalized spacial score (nSPS) is 10.4. The van der Waals surface area contributed by atoms with Gasteiger partial charge in [-0.05, 0) is 56.5 Å². The van der Waals surface area contributed by atoms with Crippen LogP contribution in [0.5, 0.6) is 0 Å². The maximum Gasteiger partial charge on any atom is 0.338 e. The number of benzene rings is 2. The number of hydrogen-bond acceptors (Lipinski definition) is 3. The number of carbonyl (C=O) groups is 2. The predicted octanol–water partition coefficient (Wildman–Crippen LogP) is 4.37. The average molecular weight is 346 g/mol. The second-order valence-corrected chi connectivity index (χ2v) is 6.29. The van der Waals surface area contributed by atoms with E-state index in [4.69, 9.17) is 16.3 Å². The van der Waals surface area contributed by atoms with E-state index < -0.39 is 11.9 Å². The fraction of sp³-hybridized carbons (Fsp3) is 0.263. The summed E-state index contributed by atoms with van der Waals surface area (Å²) in [4.78, 5) is 24.1. The lowest BCUT2D eigenvalue weighted by Crippen LogP contribution is -2.22. The quantitative estimate of drug-likeness (QED) is 0.837. The first-order valence-corrected chi connectivity index (χ1v) is 7.96. The molecule has 1 amide bonds. The zero-order valence-corrected chi connectivity index (χ0v) is 15.0. The van der Waals surface area contributed by atoms with Crippen LogP contribution in [-0.2, 0) is 9.53 Å². The van der Waals surface area contributed by atoms with Gasteiger partial charge in [-0.15, -0.1) is 0 Å². The van der Waals surface area contributed by atoms with Crippen LogP contribution in [0.3, 0.4) is 0 Å². The number of rotatable bonds is 4. The number of carbonyl (C=O) groups excluding carboxylic acids is 2. The third kappa shape index (κ3) is 4.36. The van der Waals surface area contributed by atoms with Crippen molar-refractivity contribution in [3.8, 4) is 0 Å². The number of amides is 1. The minimum absolute atomic E-state index is 0.365. The highest BCUT2D eigenvalue weighted by molar-refractivity contribution is 6.34. The Morgan fingerprint density at radius 1 is 1.00 bits per heavy atom. The minimum atomic E-state index is -0.519. The van der Waals surface area contributed by atoms with Gasteiger partial charge in [0.1, 0.15) is 0 Å². The fourth-order valence-electron chi connectivity index (χ4n) is 2.50. The Morgan fingerprint density at radius 2 is 1.67 bits per heavy atom. The molecule has 0 saturated heterocycles. The van der Waals surface area contributed by atoms with Crippen LogP contribution in [0.4, 0.5) is 5.69 Å². The molecule has 5 heteroatoms. The Balaban J connectivity index is 2.00. The highest BCUT2D eigenvalue weighted by atomic mass is 35.5. The zero-order valence-electron chi connectivity index (χ0n) is 14.2. The van der Waals surface area contributed by atoms with Crippen molar-refractivity contribution < 1.29 is 14.3 Å². The van der Waals surface area contributed by atoms with Gasteiger partial charge >= 0.3 is 5.97 Å². The second-order valence-electron chi connectivity index (χ2n) is 5.88. The largest absolute Gasteiger partial charge is 0.452 e. The Bertz CT molecular complexity index is 776. The molecule has 2 aromatic carbocycles. The van der Waals surface area contributed by atoms with E-state index in [0.29, 0.717) is 16.3 Å². The van der Waals surface area contributed by atoms with Crippen LogP contribution in [0, 0.1) is 27.7 Å². The molecule has 0 aromatic heterocycles. The van der Waals surface area contributed by atoms with Crippen molar-refractivity contribution in [3.05, 3.63) is 63.2 Å². The van der Waals surface area contributed by atoms with Gasteiger partial charge in [0, 0.05) is 0 Å². The maximum atomic E-state index is 12.1. The van der Waals surface area contributed by atoms with Crippen molar-refractivity contribution in [2.24, 2.45) is 0 Å². The van der Waals surface area contributed by atoms with Crippen LogP contribution >= 0.6 is 11.6 Å². The van der Waals surface area contributed by atoms with Crippen molar-refractivity contribution in [1.29, 1.82) is 0 Å². The molecule has 4 nitrogen and oxygen atoms in total. The van der Waals surface area contributed by atoms with Crippen LogP contribution in [-0.4, -0.2) is 18.5 Å². The summed E-state index contributed by atoms with van der Waals surface area (Å²) in [6, 6.07) is 9.12. The van der Waals surface area contributed by atoms with Crippen LogP contribution in [0.1, 0.15) is 32.6 Å². The number of hydrogen-bond donors (Lipinski definition) is 1. The van der Waals surface area contributed by atoms with Crippen LogP contribution in [0.15, 0.2) is 30.3 Å². The number of anilines is 1. The van der Waals surface area contributed by atoms with Gasteiger partial charge in [-0.3, -0.25) is 4.79 Å². The summed E-state index contributed by atoms with van der Waals surface area (Å²) in [5, 5.41) is 3.15. The summed E-state index contributed by atoms with van der Waals surface area (Å²) in [6.45, 7) is 7.20. The van der Waals surface area contributed by atoms with Gasteiger partial charge in [-0.1, -0.05) is 35.4 Å². The molecule has 0 bridgehead atoms. The van der Waals surface area contributed by atoms with Crippen molar-refractivity contribution in [2.75, 3.05) is 11.9 Å². The first kappa shape index (κ1) is 18.0. The summed E-state index contributed by atoms with van der Waals surface area (Å²) in [5.41, 5.74) is 4.74. The lowest BCUT2D eigenvalue weighted by atomic mass is 10.1. The van der Waals surface area contributed by atoms with Gasteiger partial charge < -0.3 is 10.1 Å². The molecule has 0 heterocycles. The molecular weight excluding hydrogens is 326 g/mol. The van der Waals surface area contributed by atoms with Gasteiger partial charge in [0.25, 0.3) is 5.91 Å². The van der Waals surface area contributed by atoms with E-state index in [9.17, 15) is 9.59 Å². The molecule has 1 N–H and O–H groups in total. The van der Waals surface area contributed by atoms with Gasteiger partial charge in [-0.2, -0.15) is 0 Å². The van der Waals surface area contributed by atoms with E-state index in [-0.39, 0.29) is 6.61 Å². The summed E-state index contributed by atoms with van der Waals surface area (Å²) < 4.78 is 5.09. The van der Waals surface area contributed by atoms with Crippen LogP contribution in [0.25, 0.3) is 0 Å². The number of halogens is 1. The Hall–Kier alpha value is -2.33. The molecule has 0 aliphatic carbocycles. The van der Waals surface area contributed by atoms with Crippen molar-refractivity contribution in [1.82, 2.24) is 0 Å². The number of aryl methyl sites for hydroxylation is 4. The molecule has 2 aromatic rings. The van der Waals surface area contributed by atoms with Gasteiger partial charge in [0.15, 0.2) is 6.61 Å². The highest BCUT2D eigenvalue weighted by Crippen LogP contribution is 2.27. The SMILES string of the molecule is Cc1ccc(C(=O)OCC(=O)Nc2c(C)cc(C)cc2Cl)c(C)c1. The number of nitrogens with one attached hydrogen (secondary N) is 1. The molecule has 126 valence electrons. The van der Waals surface area contributed by atoms with Crippen LogP contribution in [0.2, 0.25) is 5.02 Å². The van der Waals surface area contributed by atoms with E-state index >= 15 is 0 Å². The zero-order chi connectivity index (χ0) is 17.9. The lowest BCUT2D eigenvalue weighted by molar-refractivity contribution is -0.119. The summed E-state index contributed by atoms with van der Waals surface area (Å²) in [5.74, 6) is -0.948. The second kappa shape index (κ2) is 7.49. The molecular formula is C19H20ClNO3. The summed E-state index contributed by atoms with van der Waals surface area (Å²) in [6.07, 6.45) is 0. The number of ether oxygens (including phenoxy) is 1. The average Bonchev–Trinajstić information content (AvgIpc) is 2.48. The molecule has 0 aliphatic rings. The molecule has 0 atom stereocenters. The fourth-order valence-corrected chi connectivity index (χ4v) is 2.87. The third-order valence-electron chi connectivity index (χ3n) is 3.63. The standard InChI is InChI=1S/C19H20ClNO3/c1-11-5-6-15(13(3)7-11)19(23)24-10-17(22)21-18-14(4)8-12(2)9-16(18)20/h5-9H,10H2,1-4H3,(H,21,22). The van der Waals surface area contributed by atoms with E-state index in [1.165, 1.54) is 0 Å². The Labute approximate surface area is 146 Å². The van der Waals surface area contributed by atoms with Crippen molar-refractivity contribution in [3.63, 3.8) is 0 Å². The summed E-state index contributed by atoms with van der Waals surface area (Å²) >= 11 is 6.15. The molecule has 2 rings (SSSR count). The Morgan fingerprint density at radius 3 is 2.29 bits per heavy atom. The van der Waals surface area contributed by atoms with Gasteiger partial charge in [-0.25, -0.2) is 4.79 Å². The smallest absolute Gasteiger partial charge is 0.338 e. The molecule has 0 unspecified atom stereocenters. The summed E-state index contributed by atoms with van der Waals surface area (Å²) in [7, 11) is 0. The topological polar surface area (TPSA) is 55.4 Å². The van der Waals surface area contributed by atoms with Crippen molar-refractivity contribution in [2.45, 2.75) is 27.7 Å². The first-order chi connectivity index (χ1) is 11.3. The van der Waals surface area contributed by atoms with E-state index in [0.717, 1.165) is 22.3 Å². The minimum Gasteiger partial charge on any atom is -0.452 e. The number of esters is 1. The van der Waals surface area contributed by atoms with E-state index in [1.54, 1.807) is 12.1 Å². The highest BCUT2D eigenvalue weighted by Gasteiger charge is 2.14. The maximum absolute atomic E-state index is 12.1. The molecule has 0 spiro atoms. The first-order valence-electron chi connectivity index (χ1n) is 7.59. The molecule has 24 heavy (non-hydrogen) atoms. The van der Waals surface area contributed by atoms with E-state index in [2.05, 4.69) is 5.32 Å². The third-order valence-corrected chi connectivity index (χ3v) is 3.93. The van der Waals surface area contributed by atoms with Crippen LogP contribution < -0.4 is 5.32 Å². The lowest BCUT2D eigenvalue weighted by Gasteiger charge is -2.12.